The number of sulfonamides is 1. The minimum Gasteiger partial charge on any atom is -0.394 e. The second-order valence-electron chi connectivity index (χ2n) is 16.3. The Labute approximate surface area is 359 Å². The molecule has 1 unspecified atom stereocenters. The smallest absolute Gasteiger partial charge is 0.263 e. The number of aliphatic hydroxyl groups is 1. The van der Waals surface area contributed by atoms with Crippen molar-refractivity contribution in [3.05, 3.63) is 107 Å². The van der Waals surface area contributed by atoms with Gasteiger partial charge in [-0.05, 0) is 104 Å². The molecule has 0 spiro atoms. The Balaban J connectivity index is 0.809. The highest BCUT2D eigenvalue weighted by atomic mass is 32.2. The molecule has 4 aromatic rings. The van der Waals surface area contributed by atoms with Crippen molar-refractivity contribution in [2.45, 2.75) is 92.6 Å². The van der Waals surface area contributed by atoms with E-state index in [2.05, 4.69) is 34.1 Å². The lowest BCUT2D eigenvalue weighted by atomic mass is 9.82. The molecule has 0 aromatic heterocycles. The van der Waals surface area contributed by atoms with E-state index in [-0.39, 0.29) is 47.4 Å². The van der Waals surface area contributed by atoms with E-state index >= 15 is 0 Å². The van der Waals surface area contributed by atoms with Crippen molar-refractivity contribution >= 4 is 56.8 Å². The van der Waals surface area contributed by atoms with Gasteiger partial charge in [-0.15, -0.1) is 11.8 Å². The first-order valence-corrected chi connectivity index (χ1v) is 23.5. The lowest BCUT2D eigenvalue weighted by Crippen LogP contribution is -2.54. The van der Waals surface area contributed by atoms with Gasteiger partial charge in [0, 0.05) is 41.7 Å². The van der Waals surface area contributed by atoms with Crippen LogP contribution in [0.5, 0.6) is 0 Å². The maximum atomic E-state index is 14.6. The van der Waals surface area contributed by atoms with E-state index in [1.54, 1.807) is 16.4 Å². The van der Waals surface area contributed by atoms with Crippen LogP contribution in [-0.4, -0.2) is 83.9 Å². The number of nitrogens with one attached hydrogen (secondary N) is 3. The normalized spacial score (nSPS) is 21.2. The second kappa shape index (κ2) is 18.1. The fraction of sp³-hybridized carbons (Fsp3) is 0.391. The zero-order valence-corrected chi connectivity index (χ0v) is 35.6. The molecular formula is C46H50FN5O7S2. The Morgan fingerprint density at radius 2 is 1.62 bits per heavy atom. The van der Waals surface area contributed by atoms with Gasteiger partial charge in [0.15, 0.2) is 0 Å². The summed E-state index contributed by atoms with van der Waals surface area (Å²) in [7, 11) is -3.77. The standard InChI is InChI=1S/C46H50FN5O7S2/c1-28-11-14-33(15-12-28)61(58,59)51-21-19-34-38(27-53)49-37-16-13-30(24-35(37)43(34)51)29-9-8-10-32(23-29)48-20-6-4-2-3-5-7-22-60-40-26-31(47)25-36-42(40)46(57)52(45(36)56)39-17-18-41(54)50-44(39)55/h8-16,23-26,34,38-39,43,48-49,53H,2-7,17-22,27H2,1H3,(H,50,54,55)/t34-,38+,39?,43-/m1/s1. The number of piperidine rings is 1. The van der Waals surface area contributed by atoms with E-state index in [4.69, 9.17) is 0 Å². The van der Waals surface area contributed by atoms with Crippen LogP contribution in [0.2, 0.25) is 0 Å². The number of halogens is 1. The van der Waals surface area contributed by atoms with Crippen LogP contribution in [-0.2, 0) is 19.6 Å². The van der Waals surface area contributed by atoms with Crippen molar-refractivity contribution in [1.82, 2.24) is 14.5 Å². The van der Waals surface area contributed by atoms with Crippen molar-refractivity contribution in [3.63, 3.8) is 0 Å². The second-order valence-corrected chi connectivity index (χ2v) is 19.3. The van der Waals surface area contributed by atoms with E-state index in [9.17, 15) is 37.1 Å². The summed E-state index contributed by atoms with van der Waals surface area (Å²) in [6.45, 7) is 3.03. The van der Waals surface area contributed by atoms with E-state index in [0.29, 0.717) is 23.6 Å². The zero-order valence-electron chi connectivity index (χ0n) is 34.0. The minimum atomic E-state index is -3.77. The van der Waals surface area contributed by atoms with Crippen molar-refractivity contribution in [2.75, 3.05) is 36.1 Å². The van der Waals surface area contributed by atoms with Crippen LogP contribution >= 0.6 is 11.8 Å². The Kier molecular flexibility index (Phi) is 12.6. The van der Waals surface area contributed by atoms with Crippen LogP contribution in [0.3, 0.4) is 0 Å². The average Bonchev–Trinajstić information content (AvgIpc) is 3.81. The maximum absolute atomic E-state index is 14.6. The van der Waals surface area contributed by atoms with Gasteiger partial charge in [0.1, 0.15) is 11.9 Å². The predicted molar refractivity (Wildman–Crippen MR) is 232 cm³/mol. The van der Waals surface area contributed by atoms with Crippen molar-refractivity contribution in [1.29, 1.82) is 0 Å². The number of nitrogens with zero attached hydrogens (tertiary/aromatic N) is 2. The lowest BCUT2D eigenvalue weighted by molar-refractivity contribution is -0.136. The van der Waals surface area contributed by atoms with Gasteiger partial charge in [0.05, 0.1) is 34.7 Å². The molecule has 15 heteroatoms. The highest BCUT2D eigenvalue weighted by molar-refractivity contribution is 7.99. The van der Waals surface area contributed by atoms with Crippen LogP contribution in [0.25, 0.3) is 11.1 Å². The summed E-state index contributed by atoms with van der Waals surface area (Å²) in [5.41, 5.74) is 5.82. The fourth-order valence-corrected chi connectivity index (χ4v) is 11.9. The first-order chi connectivity index (χ1) is 29.4. The lowest BCUT2D eigenvalue weighted by Gasteiger charge is -2.39. The predicted octanol–water partition coefficient (Wildman–Crippen LogP) is 7.29. The topological polar surface area (TPSA) is 165 Å². The average molecular weight is 868 g/mol. The number of rotatable bonds is 16. The van der Waals surface area contributed by atoms with Crippen LogP contribution in [0.4, 0.5) is 15.8 Å². The molecule has 0 saturated carbocycles. The molecule has 0 radical (unpaired) electrons. The van der Waals surface area contributed by atoms with Crippen molar-refractivity contribution < 1.29 is 37.1 Å². The van der Waals surface area contributed by atoms with Crippen molar-refractivity contribution in [3.8, 4) is 11.1 Å². The molecule has 4 aromatic carbocycles. The van der Waals surface area contributed by atoms with Crippen molar-refractivity contribution in [2.24, 2.45) is 5.92 Å². The minimum absolute atomic E-state index is 0.0168. The van der Waals surface area contributed by atoms with Gasteiger partial charge >= 0.3 is 0 Å². The number of hydrogen-bond donors (Lipinski definition) is 4. The number of amides is 4. The number of hydrogen-bond acceptors (Lipinski definition) is 10. The number of unbranched alkanes of at least 4 members (excludes halogenated alkanes) is 5. The monoisotopic (exact) mass is 867 g/mol. The van der Waals surface area contributed by atoms with Gasteiger partial charge in [0.25, 0.3) is 11.8 Å². The summed E-state index contributed by atoms with van der Waals surface area (Å²) in [4.78, 5) is 52.0. The Hall–Kier alpha value is -5.09. The van der Waals surface area contributed by atoms with Crippen LogP contribution < -0.4 is 16.0 Å². The first-order valence-electron chi connectivity index (χ1n) is 21.1. The van der Waals surface area contributed by atoms with Crippen LogP contribution in [0.15, 0.2) is 88.7 Å². The highest BCUT2D eigenvalue weighted by Gasteiger charge is 2.49. The number of benzene rings is 4. The first kappa shape index (κ1) is 42.6. The number of carbonyl (C=O) groups excluding carboxylic acids is 4. The molecule has 4 aliphatic rings. The van der Waals surface area contributed by atoms with Gasteiger partial charge in [-0.1, -0.05) is 61.6 Å². The van der Waals surface area contributed by atoms with Gasteiger partial charge in [0.2, 0.25) is 21.8 Å². The van der Waals surface area contributed by atoms with E-state index in [0.717, 1.165) is 89.7 Å². The van der Waals surface area contributed by atoms with E-state index < -0.39 is 51.6 Å². The molecule has 4 N–H and O–H groups in total. The summed E-state index contributed by atoms with van der Waals surface area (Å²) in [6, 6.07) is 21.9. The summed E-state index contributed by atoms with van der Waals surface area (Å²) in [5, 5.41) is 19.5. The third-order valence-corrected chi connectivity index (χ3v) is 15.3. The molecule has 8 rings (SSSR count). The quantitative estimate of drug-likeness (QED) is 0.0511. The van der Waals surface area contributed by atoms with Gasteiger partial charge in [-0.2, -0.15) is 4.31 Å². The zero-order chi connectivity index (χ0) is 42.8. The fourth-order valence-electron chi connectivity index (χ4n) is 9.11. The molecule has 2 fully saturated rings. The molecule has 320 valence electrons. The molecule has 4 heterocycles. The molecule has 4 atom stereocenters. The van der Waals surface area contributed by atoms with Gasteiger partial charge in [-0.3, -0.25) is 29.4 Å². The number of carbonyl (C=O) groups is 4. The number of fused-ring (bicyclic) bond motifs is 4. The molecule has 0 bridgehead atoms. The summed E-state index contributed by atoms with van der Waals surface area (Å²) in [6.07, 6.45) is 6.62. The number of anilines is 2. The molecule has 0 aliphatic carbocycles. The largest absolute Gasteiger partial charge is 0.394 e. The van der Waals surface area contributed by atoms with Gasteiger partial charge in [-0.25, -0.2) is 12.8 Å². The van der Waals surface area contributed by atoms with E-state index in [1.165, 1.54) is 17.8 Å². The van der Waals surface area contributed by atoms with E-state index in [1.807, 2.05) is 43.3 Å². The summed E-state index contributed by atoms with van der Waals surface area (Å²) < 4.78 is 44.2. The third kappa shape index (κ3) is 8.70. The molecule has 4 aliphatic heterocycles. The maximum Gasteiger partial charge on any atom is 0.263 e. The molecule has 61 heavy (non-hydrogen) atoms. The summed E-state index contributed by atoms with van der Waals surface area (Å²) in [5.74, 6) is -2.54. The molecule has 12 nitrogen and oxygen atoms in total. The van der Waals surface area contributed by atoms with Gasteiger partial charge < -0.3 is 15.7 Å². The number of aliphatic hydroxyl groups excluding tert-OH is 1. The third-order valence-electron chi connectivity index (χ3n) is 12.3. The summed E-state index contributed by atoms with van der Waals surface area (Å²) >= 11 is 1.33. The Morgan fingerprint density at radius 1 is 0.869 bits per heavy atom. The number of aryl methyl sites for hydroxylation is 1. The highest BCUT2D eigenvalue weighted by Crippen LogP contribution is 2.49. The van der Waals surface area contributed by atoms with Crippen LogP contribution in [0.1, 0.15) is 95.7 Å². The SMILES string of the molecule is Cc1ccc(S(=O)(=O)N2CC[C@@H]3[C@H](CO)Nc4ccc(-c5cccc(NCCCCCCCCSc6cc(F)cc7c6C(=O)N(C6CCC(=O)NC6=O)C7=O)c5)cc4[C@@H]32)cc1. The van der Waals surface area contributed by atoms with Crippen LogP contribution in [0, 0.1) is 18.7 Å². The Bertz CT molecular complexity index is 2460. The molecule has 4 amide bonds. The molecular weight excluding hydrogens is 818 g/mol. The number of thioether (sulfide) groups is 1. The number of imide groups is 2. The molecule has 2 saturated heterocycles. The Morgan fingerprint density at radius 3 is 2.39 bits per heavy atom.